The van der Waals surface area contributed by atoms with E-state index in [-0.39, 0.29) is 6.61 Å². The molecule has 0 fully saturated rings. The molecule has 0 aliphatic rings. The number of unbranched alkanes of at least 4 members (excludes halogenated alkanes) is 1. The van der Waals surface area contributed by atoms with Crippen LogP contribution in [0.5, 0.6) is 5.75 Å². The summed E-state index contributed by atoms with van der Waals surface area (Å²) in [7, 11) is 0. The van der Waals surface area contributed by atoms with Crippen LogP contribution in [-0.2, 0) is 13.2 Å². The molecule has 0 saturated carbocycles. The van der Waals surface area contributed by atoms with Gasteiger partial charge in [-0.15, -0.1) is 0 Å². The van der Waals surface area contributed by atoms with Crippen molar-refractivity contribution >= 4 is 11.0 Å². The number of aromatic nitrogens is 2. The quantitative estimate of drug-likeness (QED) is 0.615. The number of aryl methyl sites for hydroxylation is 1. The van der Waals surface area contributed by atoms with Crippen molar-refractivity contribution in [2.24, 2.45) is 0 Å². The van der Waals surface area contributed by atoms with Gasteiger partial charge in [0.1, 0.15) is 18.2 Å². The van der Waals surface area contributed by atoms with Crippen molar-refractivity contribution in [1.82, 2.24) is 9.55 Å². The summed E-state index contributed by atoms with van der Waals surface area (Å²) in [5, 5.41) is 9.55. The van der Waals surface area contributed by atoms with Gasteiger partial charge in [0.2, 0.25) is 0 Å². The largest absolute Gasteiger partial charge is 0.493 e. The second-order valence-corrected chi connectivity index (χ2v) is 6.57. The highest BCUT2D eigenvalue weighted by molar-refractivity contribution is 5.75. The summed E-state index contributed by atoms with van der Waals surface area (Å²) in [4.78, 5) is 4.49. The lowest BCUT2D eigenvalue weighted by molar-refractivity contribution is 0.263. The predicted octanol–water partition coefficient (Wildman–Crippen LogP) is 4.51. The van der Waals surface area contributed by atoms with Gasteiger partial charge in [0.25, 0.3) is 0 Å². The first-order valence-corrected chi connectivity index (χ1v) is 8.97. The Morgan fingerprint density at radius 2 is 1.80 bits per heavy atom. The number of rotatable bonds is 8. The van der Waals surface area contributed by atoms with Crippen molar-refractivity contribution in [3.05, 3.63) is 59.9 Å². The summed E-state index contributed by atoms with van der Waals surface area (Å²) < 4.78 is 8.10. The first kappa shape index (κ1) is 17.5. The lowest BCUT2D eigenvalue weighted by Gasteiger charge is -2.14. The van der Waals surface area contributed by atoms with E-state index in [1.54, 1.807) is 0 Å². The highest BCUT2D eigenvalue weighted by atomic mass is 16.5. The molecule has 25 heavy (non-hydrogen) atoms. The monoisotopic (exact) mass is 338 g/mol. The molecular formula is C21H26N2O2. The zero-order valence-electron chi connectivity index (χ0n) is 15.0. The van der Waals surface area contributed by atoms with E-state index in [1.807, 2.05) is 30.3 Å². The van der Waals surface area contributed by atoms with E-state index in [9.17, 15) is 5.11 Å². The Hall–Kier alpha value is -2.33. The van der Waals surface area contributed by atoms with Crippen LogP contribution in [0.25, 0.3) is 11.0 Å². The topological polar surface area (TPSA) is 47.3 Å². The number of hydrogen-bond acceptors (Lipinski definition) is 3. The van der Waals surface area contributed by atoms with Gasteiger partial charge in [0, 0.05) is 6.54 Å². The number of ether oxygens (including phenoxy) is 1. The Morgan fingerprint density at radius 3 is 2.60 bits per heavy atom. The van der Waals surface area contributed by atoms with Crippen molar-refractivity contribution in [1.29, 1.82) is 0 Å². The molecule has 2 aromatic carbocycles. The van der Waals surface area contributed by atoms with Crippen LogP contribution in [0.15, 0.2) is 48.5 Å². The molecule has 0 aliphatic heterocycles. The lowest BCUT2D eigenvalue weighted by atomic mass is 10.0. The molecule has 0 atom stereocenters. The third-order valence-electron chi connectivity index (χ3n) is 4.45. The Bertz CT molecular complexity index is 824. The van der Waals surface area contributed by atoms with Gasteiger partial charge < -0.3 is 14.4 Å². The van der Waals surface area contributed by atoms with Gasteiger partial charge in [-0.2, -0.15) is 0 Å². The summed E-state index contributed by atoms with van der Waals surface area (Å²) >= 11 is 0. The Morgan fingerprint density at radius 1 is 1.04 bits per heavy atom. The Kier molecular flexibility index (Phi) is 5.71. The standard InChI is InChI=1S/C21H26N2O2/c1-16(2)17-9-3-6-12-20(17)25-14-8-7-13-23-19-11-5-4-10-18(19)22-21(23)15-24/h3-6,9-12,16,24H,7-8,13-15H2,1-2H3. The molecule has 0 saturated heterocycles. The summed E-state index contributed by atoms with van der Waals surface area (Å²) in [5.74, 6) is 2.18. The third kappa shape index (κ3) is 4.02. The SMILES string of the molecule is CC(C)c1ccccc1OCCCCn1c(CO)nc2ccccc21. The van der Waals surface area contributed by atoms with Gasteiger partial charge >= 0.3 is 0 Å². The number of hydrogen-bond donors (Lipinski definition) is 1. The first-order chi connectivity index (χ1) is 12.2. The number of imidazole rings is 1. The molecule has 132 valence electrons. The van der Waals surface area contributed by atoms with E-state index in [2.05, 4.69) is 41.6 Å². The van der Waals surface area contributed by atoms with E-state index in [1.165, 1.54) is 5.56 Å². The fourth-order valence-corrected chi connectivity index (χ4v) is 3.14. The maximum atomic E-state index is 9.55. The second kappa shape index (κ2) is 8.17. The van der Waals surface area contributed by atoms with Crippen LogP contribution < -0.4 is 4.74 Å². The number of fused-ring (bicyclic) bond motifs is 1. The van der Waals surface area contributed by atoms with Crippen LogP contribution in [0.1, 0.15) is 44.0 Å². The molecule has 3 aromatic rings. The fraction of sp³-hybridized carbons (Fsp3) is 0.381. The summed E-state index contributed by atoms with van der Waals surface area (Å²) in [6.07, 6.45) is 1.95. The second-order valence-electron chi connectivity index (χ2n) is 6.57. The third-order valence-corrected chi connectivity index (χ3v) is 4.45. The minimum atomic E-state index is -0.0348. The van der Waals surface area contributed by atoms with Gasteiger partial charge in [-0.3, -0.25) is 0 Å². The lowest BCUT2D eigenvalue weighted by Crippen LogP contribution is -2.06. The number of nitrogens with zero attached hydrogens (tertiary/aromatic N) is 2. The molecule has 1 N–H and O–H groups in total. The van der Waals surface area contributed by atoms with Crippen molar-refractivity contribution in [3.63, 3.8) is 0 Å². The number of aliphatic hydroxyl groups excluding tert-OH is 1. The van der Waals surface area contributed by atoms with Crippen LogP contribution in [-0.4, -0.2) is 21.3 Å². The maximum Gasteiger partial charge on any atom is 0.135 e. The molecule has 3 rings (SSSR count). The van der Waals surface area contributed by atoms with Gasteiger partial charge in [-0.1, -0.05) is 44.2 Å². The van der Waals surface area contributed by atoms with Crippen LogP contribution in [0.4, 0.5) is 0 Å². The van der Waals surface area contributed by atoms with E-state index in [4.69, 9.17) is 4.74 Å². The number of aliphatic hydroxyl groups is 1. The Labute approximate surface area is 149 Å². The predicted molar refractivity (Wildman–Crippen MR) is 101 cm³/mol. The zero-order valence-corrected chi connectivity index (χ0v) is 15.0. The highest BCUT2D eigenvalue weighted by Gasteiger charge is 2.09. The molecule has 1 heterocycles. The fourth-order valence-electron chi connectivity index (χ4n) is 3.14. The van der Waals surface area contributed by atoms with Crippen molar-refractivity contribution in [3.8, 4) is 5.75 Å². The molecular weight excluding hydrogens is 312 g/mol. The molecule has 1 aromatic heterocycles. The average Bonchev–Trinajstić information content (AvgIpc) is 2.99. The van der Waals surface area contributed by atoms with Crippen molar-refractivity contribution < 1.29 is 9.84 Å². The van der Waals surface area contributed by atoms with Crippen LogP contribution >= 0.6 is 0 Å². The number of para-hydroxylation sites is 3. The molecule has 0 unspecified atom stereocenters. The first-order valence-electron chi connectivity index (χ1n) is 8.97. The van der Waals surface area contributed by atoms with E-state index < -0.39 is 0 Å². The number of benzene rings is 2. The van der Waals surface area contributed by atoms with Crippen molar-refractivity contribution in [2.45, 2.75) is 45.8 Å². The summed E-state index contributed by atoms with van der Waals surface area (Å²) in [6.45, 7) is 5.87. The molecule has 0 amide bonds. The molecule has 0 radical (unpaired) electrons. The summed E-state index contributed by atoms with van der Waals surface area (Å²) in [6, 6.07) is 16.3. The molecule has 0 aliphatic carbocycles. The molecule has 4 heteroatoms. The van der Waals surface area contributed by atoms with Crippen LogP contribution in [0.3, 0.4) is 0 Å². The molecule has 0 bridgehead atoms. The van der Waals surface area contributed by atoms with E-state index in [0.717, 1.165) is 42.0 Å². The molecule has 4 nitrogen and oxygen atoms in total. The maximum absolute atomic E-state index is 9.55. The zero-order chi connectivity index (χ0) is 17.6. The van der Waals surface area contributed by atoms with Crippen LogP contribution in [0, 0.1) is 0 Å². The minimum absolute atomic E-state index is 0.0348. The normalized spacial score (nSPS) is 11.4. The van der Waals surface area contributed by atoms with Gasteiger partial charge in [-0.05, 0) is 42.5 Å². The average molecular weight is 338 g/mol. The van der Waals surface area contributed by atoms with Gasteiger partial charge in [-0.25, -0.2) is 4.98 Å². The van der Waals surface area contributed by atoms with Gasteiger partial charge in [0.05, 0.1) is 17.6 Å². The Balaban J connectivity index is 1.56. The summed E-state index contributed by atoms with van der Waals surface area (Å²) in [5.41, 5.74) is 3.27. The molecule has 0 spiro atoms. The van der Waals surface area contributed by atoms with E-state index in [0.29, 0.717) is 12.5 Å². The van der Waals surface area contributed by atoms with E-state index >= 15 is 0 Å². The van der Waals surface area contributed by atoms with Crippen molar-refractivity contribution in [2.75, 3.05) is 6.61 Å². The van der Waals surface area contributed by atoms with Gasteiger partial charge in [0.15, 0.2) is 0 Å². The minimum Gasteiger partial charge on any atom is -0.493 e. The van der Waals surface area contributed by atoms with Crippen LogP contribution in [0.2, 0.25) is 0 Å². The smallest absolute Gasteiger partial charge is 0.135 e. The highest BCUT2D eigenvalue weighted by Crippen LogP contribution is 2.26.